The molecule has 0 aromatic carbocycles. The van der Waals surface area contributed by atoms with Crippen LogP contribution in [0.1, 0.15) is 25.1 Å². The minimum Gasteiger partial charge on any atom is -0.493 e. The van der Waals surface area contributed by atoms with Gasteiger partial charge < -0.3 is 9.84 Å². The monoisotopic (exact) mass is 320 g/mol. The summed E-state index contributed by atoms with van der Waals surface area (Å²) in [5.74, 6) is -4.24. The Bertz CT molecular complexity index is 454. The number of ether oxygens (including phenoxy) is 1. The van der Waals surface area contributed by atoms with E-state index in [1.54, 1.807) is 6.92 Å². The van der Waals surface area contributed by atoms with E-state index in [2.05, 4.69) is 5.10 Å². The third kappa shape index (κ3) is 3.80. The molecule has 0 aliphatic rings. The van der Waals surface area contributed by atoms with Crippen molar-refractivity contribution in [2.75, 3.05) is 7.11 Å². The van der Waals surface area contributed by atoms with Gasteiger partial charge in [-0.05, 0) is 6.42 Å². The van der Waals surface area contributed by atoms with Crippen LogP contribution in [0, 0.1) is 5.92 Å². The largest absolute Gasteiger partial charge is 0.493 e. The maximum absolute atomic E-state index is 12.7. The Kier molecular flexibility index (Phi) is 5.13. The van der Waals surface area contributed by atoms with Crippen molar-refractivity contribution in [1.82, 2.24) is 9.78 Å². The summed E-state index contributed by atoms with van der Waals surface area (Å²) in [6.45, 7) is 1.72. The highest BCUT2D eigenvalue weighted by Gasteiger charge is 2.61. The number of alkyl halides is 6. The van der Waals surface area contributed by atoms with Gasteiger partial charge in [0, 0.05) is 6.54 Å². The Labute approximate surface area is 116 Å². The Morgan fingerprint density at radius 2 is 1.76 bits per heavy atom. The van der Waals surface area contributed by atoms with E-state index < -0.39 is 30.1 Å². The molecule has 1 atom stereocenters. The second-order valence-electron chi connectivity index (χ2n) is 4.33. The molecule has 0 amide bonds. The summed E-state index contributed by atoms with van der Waals surface area (Å²) in [4.78, 5) is 0. The summed E-state index contributed by atoms with van der Waals surface area (Å²) in [6.07, 6.45) is -12.8. The Hall–Kier alpha value is -1.45. The van der Waals surface area contributed by atoms with Crippen LogP contribution in [0.4, 0.5) is 26.3 Å². The van der Waals surface area contributed by atoms with Gasteiger partial charge >= 0.3 is 12.4 Å². The van der Waals surface area contributed by atoms with Crippen molar-refractivity contribution < 1.29 is 36.2 Å². The number of aryl methyl sites for hydroxylation is 1. The van der Waals surface area contributed by atoms with Crippen molar-refractivity contribution in [2.45, 2.75) is 38.3 Å². The number of aromatic nitrogens is 2. The van der Waals surface area contributed by atoms with Gasteiger partial charge in [-0.3, -0.25) is 4.68 Å². The van der Waals surface area contributed by atoms with Crippen LogP contribution in [0.5, 0.6) is 5.75 Å². The molecular weight excluding hydrogens is 306 g/mol. The van der Waals surface area contributed by atoms with E-state index >= 15 is 0 Å². The first-order valence-electron chi connectivity index (χ1n) is 5.95. The molecule has 0 spiro atoms. The third-order valence-electron chi connectivity index (χ3n) is 2.80. The second-order valence-corrected chi connectivity index (χ2v) is 4.33. The Morgan fingerprint density at radius 3 is 2.14 bits per heavy atom. The molecule has 122 valence electrons. The smallest absolute Gasteiger partial charge is 0.403 e. The van der Waals surface area contributed by atoms with Crippen LogP contribution >= 0.6 is 0 Å². The fraction of sp³-hybridized carbons (Fsp3) is 0.727. The predicted octanol–water partition coefficient (Wildman–Crippen LogP) is 3.08. The van der Waals surface area contributed by atoms with Crippen LogP contribution in [0.15, 0.2) is 6.20 Å². The number of hydrogen-bond donors (Lipinski definition) is 1. The van der Waals surface area contributed by atoms with E-state index in [4.69, 9.17) is 4.74 Å². The minimum atomic E-state index is -5.65. The van der Waals surface area contributed by atoms with E-state index in [-0.39, 0.29) is 12.3 Å². The predicted molar refractivity (Wildman–Crippen MR) is 59.6 cm³/mol. The molecule has 0 saturated carbocycles. The number of aliphatic hydroxyl groups is 1. The molecule has 0 saturated heterocycles. The summed E-state index contributed by atoms with van der Waals surface area (Å²) in [5.41, 5.74) is -0.640. The zero-order valence-electron chi connectivity index (χ0n) is 11.2. The molecule has 1 aromatic rings. The minimum absolute atomic E-state index is 0.0538. The SMILES string of the molecule is CCCn1ncc(OC)c1C(O)C(C(F)(F)F)C(F)(F)F. The van der Waals surface area contributed by atoms with Crippen LogP contribution < -0.4 is 4.74 Å². The molecule has 0 aliphatic carbocycles. The van der Waals surface area contributed by atoms with Gasteiger partial charge in [-0.1, -0.05) is 6.92 Å². The standard InChI is InChI=1S/C11H14F6N2O2/c1-3-4-19-7(6(21-2)5-18-19)8(20)9(10(12,13)14)11(15,16)17/h5,8-9,20H,3-4H2,1-2H3. The van der Waals surface area contributed by atoms with Crippen LogP contribution in [0.2, 0.25) is 0 Å². The number of rotatable bonds is 5. The number of aliphatic hydroxyl groups excluding tert-OH is 1. The topological polar surface area (TPSA) is 47.3 Å². The van der Waals surface area contributed by atoms with Crippen LogP contribution in [0.3, 0.4) is 0 Å². The molecule has 1 rings (SSSR count). The average Bonchev–Trinajstić information content (AvgIpc) is 2.68. The van der Waals surface area contributed by atoms with E-state index in [0.29, 0.717) is 6.42 Å². The maximum Gasteiger partial charge on any atom is 0.403 e. The first kappa shape index (κ1) is 17.6. The van der Waals surface area contributed by atoms with Gasteiger partial charge in [0.05, 0.1) is 13.3 Å². The summed E-state index contributed by atoms with van der Waals surface area (Å²) >= 11 is 0. The molecule has 1 N–H and O–H groups in total. The Morgan fingerprint density at radius 1 is 1.24 bits per heavy atom. The van der Waals surface area contributed by atoms with E-state index in [1.807, 2.05) is 0 Å². The summed E-state index contributed by atoms with van der Waals surface area (Å²) in [6, 6.07) is 0. The fourth-order valence-electron chi connectivity index (χ4n) is 1.92. The van der Waals surface area contributed by atoms with Crippen molar-refractivity contribution in [1.29, 1.82) is 0 Å². The van der Waals surface area contributed by atoms with Crippen LogP contribution in [0.25, 0.3) is 0 Å². The van der Waals surface area contributed by atoms with Crippen molar-refractivity contribution in [2.24, 2.45) is 5.92 Å². The lowest BCUT2D eigenvalue weighted by atomic mass is 9.97. The van der Waals surface area contributed by atoms with Crippen molar-refractivity contribution >= 4 is 0 Å². The molecule has 10 heteroatoms. The highest BCUT2D eigenvalue weighted by Crippen LogP contribution is 2.47. The van der Waals surface area contributed by atoms with Crippen LogP contribution in [-0.2, 0) is 6.54 Å². The van der Waals surface area contributed by atoms with Crippen molar-refractivity contribution in [3.05, 3.63) is 11.9 Å². The van der Waals surface area contributed by atoms with Crippen LogP contribution in [-0.4, -0.2) is 34.3 Å². The molecule has 0 aliphatic heterocycles. The fourth-order valence-corrected chi connectivity index (χ4v) is 1.92. The quantitative estimate of drug-likeness (QED) is 0.848. The van der Waals surface area contributed by atoms with Gasteiger partial charge in [-0.25, -0.2) is 0 Å². The van der Waals surface area contributed by atoms with Gasteiger partial charge in [0.25, 0.3) is 0 Å². The number of methoxy groups -OCH3 is 1. The number of hydrogen-bond acceptors (Lipinski definition) is 3. The van der Waals surface area contributed by atoms with Gasteiger partial charge in [0.1, 0.15) is 11.8 Å². The highest BCUT2D eigenvalue weighted by atomic mass is 19.4. The molecule has 0 fully saturated rings. The third-order valence-corrected chi connectivity index (χ3v) is 2.80. The van der Waals surface area contributed by atoms with Crippen molar-refractivity contribution in [3.8, 4) is 5.75 Å². The molecule has 1 aromatic heterocycles. The zero-order valence-corrected chi connectivity index (χ0v) is 11.2. The summed E-state index contributed by atoms with van der Waals surface area (Å²) < 4.78 is 81.5. The van der Waals surface area contributed by atoms with Crippen molar-refractivity contribution in [3.63, 3.8) is 0 Å². The lowest BCUT2D eigenvalue weighted by Crippen LogP contribution is -2.41. The Balaban J connectivity index is 3.32. The maximum atomic E-state index is 12.7. The summed E-state index contributed by atoms with van der Waals surface area (Å²) in [7, 11) is 1.07. The van der Waals surface area contributed by atoms with E-state index in [9.17, 15) is 31.4 Å². The number of halogens is 6. The molecular formula is C11H14F6N2O2. The highest BCUT2D eigenvalue weighted by molar-refractivity contribution is 5.28. The first-order valence-corrected chi connectivity index (χ1v) is 5.95. The molecule has 1 heterocycles. The molecule has 4 nitrogen and oxygen atoms in total. The van der Waals surface area contributed by atoms with Gasteiger partial charge in [-0.2, -0.15) is 31.4 Å². The first-order chi connectivity index (χ1) is 9.54. The zero-order chi connectivity index (χ0) is 16.4. The normalized spacial score (nSPS) is 14.6. The van der Waals surface area contributed by atoms with Gasteiger partial charge in [0.2, 0.25) is 0 Å². The van der Waals surface area contributed by atoms with E-state index in [1.165, 1.54) is 0 Å². The lowest BCUT2D eigenvalue weighted by Gasteiger charge is -2.28. The average molecular weight is 320 g/mol. The second kappa shape index (κ2) is 6.12. The molecule has 0 radical (unpaired) electrons. The molecule has 21 heavy (non-hydrogen) atoms. The summed E-state index contributed by atoms with van der Waals surface area (Å²) in [5, 5.41) is 13.3. The van der Waals surface area contributed by atoms with E-state index in [0.717, 1.165) is 18.0 Å². The molecule has 1 unspecified atom stereocenters. The van der Waals surface area contributed by atoms with Gasteiger partial charge in [0.15, 0.2) is 11.7 Å². The number of nitrogens with zero attached hydrogens (tertiary/aromatic N) is 2. The lowest BCUT2D eigenvalue weighted by molar-refractivity contribution is -0.308. The molecule has 0 bridgehead atoms. The van der Waals surface area contributed by atoms with Gasteiger partial charge in [-0.15, -0.1) is 0 Å².